The van der Waals surface area contributed by atoms with Crippen LogP contribution in [0, 0.1) is 10.8 Å². The smallest absolute Gasteiger partial charge is 0.287 e. The average molecular weight is 844 g/mol. The molecule has 2 aliphatic heterocycles. The van der Waals surface area contributed by atoms with E-state index in [9.17, 15) is 15.0 Å². The maximum absolute atomic E-state index is 12.9. The number of likely N-dealkylation sites (tertiary alicyclic amines) is 2. The molecule has 3 aromatic rings. The van der Waals surface area contributed by atoms with Crippen LogP contribution in [0.15, 0.2) is 87.9 Å². The molecule has 0 radical (unpaired) electrons. The Hall–Kier alpha value is -5.02. The number of nitrogens with one attached hydrogen (secondary N) is 4. The van der Waals surface area contributed by atoms with Crippen molar-refractivity contribution in [2.45, 2.75) is 89.2 Å². The number of amides is 1. The summed E-state index contributed by atoms with van der Waals surface area (Å²) in [6, 6.07) is 16.4. The lowest BCUT2D eigenvalue weighted by Crippen LogP contribution is -2.49. The van der Waals surface area contributed by atoms with Crippen LogP contribution in [0.4, 0.5) is 11.4 Å². The highest BCUT2D eigenvalue weighted by molar-refractivity contribution is 8.03. The standard InChI is InChI=1S/C44H59ClN10O3S/c1-7-38(54-22-18-44(6,49)19-23-54)52-40(46)28(5)59-37-11-9-10-34(39(37)45)51-30-16-20-53(21-17-30)26-29-12-14-31(15-13-29)55(42(48)43(58)50-8-2)41(47)33-24-32(27(3)4)35(56)25-36(33)57/h7,9-15,24-25,27,30,47-48,51,56-57H,1,8,16-23,26,46,49H2,2-6H3,(H,50,58)/b40-28+,47-41?,48-42?,52-38+. The first-order valence-corrected chi connectivity index (χ1v) is 21.3. The Kier molecular flexibility index (Phi) is 15.1. The lowest BCUT2D eigenvalue weighted by molar-refractivity contribution is -0.114. The van der Waals surface area contributed by atoms with Crippen LogP contribution in [0.3, 0.4) is 0 Å². The summed E-state index contributed by atoms with van der Waals surface area (Å²) >= 11 is 8.46. The van der Waals surface area contributed by atoms with Gasteiger partial charge in [0.15, 0.2) is 5.84 Å². The highest BCUT2D eigenvalue weighted by atomic mass is 35.5. The van der Waals surface area contributed by atoms with E-state index in [1.54, 1.807) is 25.1 Å². The molecule has 2 aliphatic rings. The van der Waals surface area contributed by atoms with Gasteiger partial charge in [-0.1, -0.05) is 62.0 Å². The van der Waals surface area contributed by atoms with Crippen LogP contribution >= 0.6 is 23.4 Å². The molecule has 5 rings (SSSR count). The minimum atomic E-state index is -0.652. The van der Waals surface area contributed by atoms with Crippen molar-refractivity contribution in [2.24, 2.45) is 16.5 Å². The highest BCUT2D eigenvalue weighted by Crippen LogP contribution is 2.39. The molecule has 2 saturated heterocycles. The number of benzene rings is 3. The number of carbonyl (C=O) groups is 1. The van der Waals surface area contributed by atoms with E-state index in [2.05, 4.69) is 33.9 Å². The van der Waals surface area contributed by atoms with Gasteiger partial charge in [-0.2, -0.15) is 0 Å². The molecule has 10 N–H and O–H groups in total. The first-order valence-electron chi connectivity index (χ1n) is 20.1. The van der Waals surface area contributed by atoms with Gasteiger partial charge in [-0.3, -0.25) is 25.4 Å². The second kappa shape index (κ2) is 19.8. The van der Waals surface area contributed by atoms with Gasteiger partial charge in [-0.15, -0.1) is 0 Å². The summed E-state index contributed by atoms with van der Waals surface area (Å²) in [5.74, 6) is -0.695. The molecule has 1 amide bonds. The maximum atomic E-state index is 12.9. The fourth-order valence-corrected chi connectivity index (χ4v) is 8.28. The van der Waals surface area contributed by atoms with Gasteiger partial charge in [-0.05, 0) is 99.9 Å². The molecule has 316 valence electrons. The molecule has 0 unspecified atom stereocenters. The minimum Gasteiger partial charge on any atom is -0.508 e. The number of aromatic hydroxyl groups is 2. The van der Waals surface area contributed by atoms with Gasteiger partial charge in [0.2, 0.25) is 0 Å². The van der Waals surface area contributed by atoms with Crippen molar-refractivity contribution < 1.29 is 15.0 Å². The minimum absolute atomic E-state index is 0.0837. The quantitative estimate of drug-likeness (QED) is 0.0512. The fourth-order valence-electron chi connectivity index (χ4n) is 7.16. The number of thioether (sulfide) groups is 1. The van der Waals surface area contributed by atoms with E-state index in [0.29, 0.717) is 35.2 Å². The number of amidine groups is 3. The first-order chi connectivity index (χ1) is 28.0. The third-order valence-corrected chi connectivity index (χ3v) is 12.4. The second-order valence-electron chi connectivity index (χ2n) is 15.8. The van der Waals surface area contributed by atoms with E-state index >= 15 is 0 Å². The van der Waals surface area contributed by atoms with Crippen LogP contribution in [0.25, 0.3) is 0 Å². The van der Waals surface area contributed by atoms with Crippen molar-refractivity contribution in [1.29, 1.82) is 10.8 Å². The zero-order valence-electron chi connectivity index (χ0n) is 34.7. The molecule has 2 fully saturated rings. The predicted octanol–water partition coefficient (Wildman–Crippen LogP) is 7.53. The van der Waals surface area contributed by atoms with Gasteiger partial charge in [0.05, 0.1) is 16.3 Å². The number of phenols is 2. The van der Waals surface area contributed by atoms with Gasteiger partial charge < -0.3 is 37.2 Å². The van der Waals surface area contributed by atoms with Crippen molar-refractivity contribution in [2.75, 3.05) is 42.9 Å². The van der Waals surface area contributed by atoms with E-state index in [1.807, 2.05) is 51.1 Å². The molecule has 0 aliphatic carbocycles. The van der Waals surface area contributed by atoms with Gasteiger partial charge in [0.1, 0.15) is 29.0 Å². The molecular weight excluding hydrogens is 784 g/mol. The van der Waals surface area contributed by atoms with Gasteiger partial charge >= 0.3 is 0 Å². The predicted molar refractivity (Wildman–Crippen MR) is 243 cm³/mol. The molecule has 0 spiro atoms. The molecule has 2 heterocycles. The van der Waals surface area contributed by atoms with Gasteiger partial charge in [0.25, 0.3) is 5.91 Å². The largest absolute Gasteiger partial charge is 0.508 e. The van der Waals surface area contributed by atoms with Crippen LogP contribution in [0.2, 0.25) is 5.02 Å². The van der Waals surface area contributed by atoms with E-state index in [-0.39, 0.29) is 40.4 Å². The highest BCUT2D eigenvalue weighted by Gasteiger charge is 2.29. The molecule has 13 nitrogen and oxygen atoms in total. The van der Waals surface area contributed by atoms with Crippen molar-refractivity contribution >= 4 is 58.2 Å². The Bertz CT molecular complexity index is 2080. The number of halogens is 1. The van der Waals surface area contributed by atoms with E-state index in [4.69, 9.17) is 38.9 Å². The van der Waals surface area contributed by atoms with Gasteiger partial charge in [-0.25, -0.2) is 4.99 Å². The number of aliphatic imine (C=N–C) groups is 1. The number of nitrogens with zero attached hydrogens (tertiary/aromatic N) is 4. The van der Waals surface area contributed by atoms with E-state index in [1.165, 1.54) is 28.8 Å². The topological polar surface area (TPSA) is 203 Å². The second-order valence-corrected chi connectivity index (χ2v) is 17.4. The number of hydrogen-bond acceptors (Lipinski definition) is 11. The monoisotopic (exact) mass is 842 g/mol. The van der Waals surface area contributed by atoms with Crippen LogP contribution < -0.4 is 27.0 Å². The van der Waals surface area contributed by atoms with E-state index < -0.39 is 11.7 Å². The summed E-state index contributed by atoms with van der Waals surface area (Å²) in [6.07, 6.45) is 5.32. The number of rotatable bonds is 12. The van der Waals surface area contributed by atoms with Crippen molar-refractivity contribution in [3.05, 3.63) is 99.7 Å². The van der Waals surface area contributed by atoms with Crippen LogP contribution in [-0.4, -0.2) is 87.7 Å². The number of allylic oxidation sites excluding steroid dienone is 1. The normalized spacial score (nSPS) is 16.7. The summed E-state index contributed by atoms with van der Waals surface area (Å²) in [5, 5.41) is 45.8. The molecule has 15 heteroatoms. The molecule has 3 aromatic carbocycles. The molecule has 0 atom stereocenters. The average Bonchev–Trinajstić information content (AvgIpc) is 3.19. The van der Waals surface area contributed by atoms with E-state index in [0.717, 1.165) is 78.7 Å². The summed E-state index contributed by atoms with van der Waals surface area (Å²) < 4.78 is 0. The lowest BCUT2D eigenvalue weighted by Gasteiger charge is -2.37. The molecule has 0 aromatic heterocycles. The van der Waals surface area contributed by atoms with Crippen molar-refractivity contribution in [3.63, 3.8) is 0 Å². The third-order valence-electron chi connectivity index (χ3n) is 10.8. The molecule has 59 heavy (non-hydrogen) atoms. The number of likely N-dealkylation sites (N-methyl/N-ethyl adjacent to an activating group) is 1. The summed E-state index contributed by atoms with van der Waals surface area (Å²) in [5.41, 5.74) is 15.6. The summed E-state index contributed by atoms with van der Waals surface area (Å²) in [6.45, 7) is 17.9. The Morgan fingerprint density at radius 3 is 2.37 bits per heavy atom. The van der Waals surface area contributed by atoms with Crippen LogP contribution in [0.5, 0.6) is 11.5 Å². The number of anilines is 2. The first kappa shape index (κ1) is 45.1. The Labute approximate surface area is 357 Å². The Morgan fingerprint density at radius 2 is 1.76 bits per heavy atom. The maximum Gasteiger partial charge on any atom is 0.287 e. The number of carbonyl (C=O) groups excluding carboxylic acids is 1. The Balaban J connectivity index is 1.21. The van der Waals surface area contributed by atoms with Crippen LogP contribution in [0.1, 0.15) is 82.9 Å². The summed E-state index contributed by atoms with van der Waals surface area (Å²) in [7, 11) is 0. The fraction of sp³-hybridized carbons (Fsp3) is 0.409. The SMILES string of the molecule is C=C/C(=N\C(N)=C(/C)Sc1cccc(NC2CCN(Cc3ccc(N(C(=N)C(=O)NCC)C(=N)c4cc(C(C)C)c(O)cc4O)cc3)CC2)c1Cl)N1CCC(C)(N)CC1. The molecule has 0 saturated carbocycles. The zero-order valence-corrected chi connectivity index (χ0v) is 36.3. The number of piperidine rings is 2. The lowest BCUT2D eigenvalue weighted by atomic mass is 9.91. The zero-order chi connectivity index (χ0) is 43.0. The number of nitrogens with two attached hydrogens (primary N) is 2. The number of hydrogen-bond donors (Lipinski definition) is 8. The van der Waals surface area contributed by atoms with Crippen molar-refractivity contribution in [1.82, 2.24) is 15.1 Å². The number of phenolic OH excluding ortho intramolecular Hbond substituents is 2. The molecule has 0 bridgehead atoms. The molecular formula is C44H59ClN10O3S. The van der Waals surface area contributed by atoms with Crippen LogP contribution in [-0.2, 0) is 11.3 Å². The van der Waals surface area contributed by atoms with Crippen molar-refractivity contribution in [3.8, 4) is 11.5 Å². The summed E-state index contributed by atoms with van der Waals surface area (Å²) in [4.78, 5) is 25.1. The Morgan fingerprint density at radius 1 is 1.10 bits per heavy atom. The third kappa shape index (κ3) is 11.4. The van der Waals surface area contributed by atoms with Gasteiger partial charge in [0, 0.05) is 72.4 Å².